The first-order chi connectivity index (χ1) is 18.0. The fourth-order valence-electron chi connectivity index (χ4n) is 3.65. The van der Waals surface area contributed by atoms with Gasteiger partial charge in [-0.1, -0.05) is 36.4 Å². The normalized spacial score (nSPS) is 11.3. The quantitative estimate of drug-likeness (QED) is 0.253. The smallest absolute Gasteiger partial charge is 0.251 e. The number of benzene rings is 3. The molecular weight excluding hydrogens is 468 g/mol. The summed E-state index contributed by atoms with van der Waals surface area (Å²) in [4.78, 5) is 37.4. The van der Waals surface area contributed by atoms with Crippen molar-refractivity contribution in [3.05, 3.63) is 120 Å². The Kier molecular flexibility index (Phi) is 8.33. The standard InChI is InChI=1S/C29H28N4O4/c1-20(21-7-3-2-4-8-21)32-29(36)23-9-5-10-25(17-23)30-19-27(34)33-24-14-12-22(13-15-24)28(35)31-18-26-11-6-16-37-26/h2-17,20,30H,18-19H2,1H3,(H,31,35)(H,32,36)(H,33,34). The summed E-state index contributed by atoms with van der Waals surface area (Å²) >= 11 is 0. The van der Waals surface area contributed by atoms with Crippen LogP contribution < -0.4 is 21.3 Å². The summed E-state index contributed by atoms with van der Waals surface area (Å²) in [5.74, 6) is -0.0315. The van der Waals surface area contributed by atoms with Crippen molar-refractivity contribution >= 4 is 29.1 Å². The van der Waals surface area contributed by atoms with E-state index in [9.17, 15) is 14.4 Å². The summed E-state index contributed by atoms with van der Waals surface area (Å²) in [6.07, 6.45) is 1.55. The highest BCUT2D eigenvalue weighted by Gasteiger charge is 2.12. The van der Waals surface area contributed by atoms with Crippen LogP contribution in [-0.2, 0) is 11.3 Å². The van der Waals surface area contributed by atoms with E-state index in [2.05, 4.69) is 21.3 Å². The fraction of sp³-hybridized carbons (Fsp3) is 0.138. The number of carbonyl (C=O) groups excluding carboxylic acids is 3. The molecule has 4 N–H and O–H groups in total. The number of hydrogen-bond donors (Lipinski definition) is 4. The van der Waals surface area contributed by atoms with Gasteiger partial charge in [-0.05, 0) is 67.1 Å². The lowest BCUT2D eigenvalue weighted by Crippen LogP contribution is -2.27. The Bertz CT molecular complexity index is 1340. The molecule has 37 heavy (non-hydrogen) atoms. The third-order valence-corrected chi connectivity index (χ3v) is 5.66. The number of hydrogen-bond acceptors (Lipinski definition) is 5. The van der Waals surface area contributed by atoms with Crippen molar-refractivity contribution in [2.24, 2.45) is 0 Å². The van der Waals surface area contributed by atoms with Crippen molar-refractivity contribution < 1.29 is 18.8 Å². The predicted molar refractivity (Wildman–Crippen MR) is 142 cm³/mol. The van der Waals surface area contributed by atoms with Crippen LogP contribution in [0.2, 0.25) is 0 Å². The first-order valence-corrected chi connectivity index (χ1v) is 11.9. The van der Waals surface area contributed by atoms with E-state index in [-0.39, 0.29) is 30.3 Å². The largest absolute Gasteiger partial charge is 0.467 e. The molecule has 0 bridgehead atoms. The van der Waals surface area contributed by atoms with Gasteiger partial charge in [0.1, 0.15) is 5.76 Å². The minimum atomic E-state index is -0.262. The van der Waals surface area contributed by atoms with Gasteiger partial charge in [-0.25, -0.2) is 0 Å². The number of nitrogens with one attached hydrogen (secondary N) is 4. The maximum Gasteiger partial charge on any atom is 0.251 e. The Hall–Kier alpha value is -4.85. The topological polar surface area (TPSA) is 112 Å². The molecule has 3 aromatic carbocycles. The number of amides is 3. The molecule has 188 valence electrons. The molecule has 4 aromatic rings. The Morgan fingerprint density at radius 1 is 0.784 bits per heavy atom. The van der Waals surface area contributed by atoms with Gasteiger partial charge in [0.05, 0.1) is 25.4 Å². The van der Waals surface area contributed by atoms with Gasteiger partial charge >= 0.3 is 0 Å². The Balaban J connectivity index is 1.25. The van der Waals surface area contributed by atoms with Gasteiger partial charge in [-0.15, -0.1) is 0 Å². The number of furan rings is 1. The van der Waals surface area contributed by atoms with Crippen LogP contribution in [0, 0.1) is 0 Å². The third-order valence-electron chi connectivity index (χ3n) is 5.66. The molecule has 8 heteroatoms. The SMILES string of the molecule is CC(NC(=O)c1cccc(NCC(=O)Nc2ccc(C(=O)NCc3ccco3)cc2)c1)c1ccccc1. The second-order valence-corrected chi connectivity index (χ2v) is 8.43. The van der Waals surface area contributed by atoms with Gasteiger partial charge in [0.25, 0.3) is 11.8 Å². The molecule has 3 amide bonds. The van der Waals surface area contributed by atoms with E-state index in [4.69, 9.17) is 4.42 Å². The van der Waals surface area contributed by atoms with Crippen LogP contribution >= 0.6 is 0 Å². The molecule has 0 aliphatic carbocycles. The second kappa shape index (κ2) is 12.2. The highest BCUT2D eigenvalue weighted by molar-refractivity contribution is 5.97. The van der Waals surface area contributed by atoms with E-state index in [0.717, 1.165) is 5.56 Å². The molecule has 1 heterocycles. The molecule has 0 aliphatic heterocycles. The zero-order valence-corrected chi connectivity index (χ0v) is 20.4. The van der Waals surface area contributed by atoms with Crippen molar-refractivity contribution in [3.63, 3.8) is 0 Å². The summed E-state index contributed by atoms with van der Waals surface area (Å²) in [6, 6.07) is 26.7. The first kappa shape index (κ1) is 25.2. The molecule has 0 saturated heterocycles. The Morgan fingerprint density at radius 2 is 1.57 bits per heavy atom. The highest BCUT2D eigenvalue weighted by Crippen LogP contribution is 2.15. The molecule has 1 atom stereocenters. The van der Waals surface area contributed by atoms with Crippen molar-refractivity contribution in [2.75, 3.05) is 17.2 Å². The molecule has 4 rings (SSSR count). The number of rotatable bonds is 10. The lowest BCUT2D eigenvalue weighted by Gasteiger charge is -2.15. The van der Waals surface area contributed by atoms with Crippen LogP contribution in [0.25, 0.3) is 0 Å². The Labute approximate surface area is 215 Å². The average Bonchev–Trinajstić information content (AvgIpc) is 3.45. The fourth-order valence-corrected chi connectivity index (χ4v) is 3.65. The van der Waals surface area contributed by atoms with Crippen LogP contribution in [0.1, 0.15) is 45.0 Å². The van der Waals surface area contributed by atoms with Crippen LogP contribution in [-0.4, -0.2) is 24.3 Å². The summed E-state index contributed by atoms with van der Waals surface area (Å²) in [5, 5.41) is 11.6. The summed E-state index contributed by atoms with van der Waals surface area (Å²) < 4.78 is 5.20. The number of carbonyl (C=O) groups is 3. The lowest BCUT2D eigenvalue weighted by molar-refractivity contribution is -0.114. The Morgan fingerprint density at radius 3 is 2.30 bits per heavy atom. The van der Waals surface area contributed by atoms with E-state index in [0.29, 0.717) is 34.8 Å². The molecule has 0 spiro atoms. The molecule has 0 fully saturated rings. The molecule has 0 radical (unpaired) electrons. The predicted octanol–water partition coefficient (Wildman–Crippen LogP) is 4.75. The van der Waals surface area contributed by atoms with Crippen molar-refractivity contribution in [1.29, 1.82) is 0 Å². The van der Waals surface area contributed by atoms with Crippen molar-refractivity contribution in [1.82, 2.24) is 10.6 Å². The monoisotopic (exact) mass is 496 g/mol. The molecule has 1 aromatic heterocycles. The van der Waals surface area contributed by atoms with Gasteiger partial charge in [0.2, 0.25) is 5.91 Å². The van der Waals surface area contributed by atoms with E-state index >= 15 is 0 Å². The number of anilines is 2. The minimum Gasteiger partial charge on any atom is -0.467 e. The van der Waals surface area contributed by atoms with Crippen LogP contribution in [0.3, 0.4) is 0 Å². The second-order valence-electron chi connectivity index (χ2n) is 8.43. The molecular formula is C29H28N4O4. The summed E-state index contributed by atoms with van der Waals surface area (Å²) in [5.41, 5.74) is 3.20. The van der Waals surface area contributed by atoms with Gasteiger partial charge < -0.3 is 25.7 Å². The first-order valence-electron chi connectivity index (χ1n) is 11.9. The van der Waals surface area contributed by atoms with Crippen LogP contribution in [0.5, 0.6) is 0 Å². The summed E-state index contributed by atoms with van der Waals surface area (Å²) in [7, 11) is 0. The van der Waals surface area contributed by atoms with Gasteiger partial charge in [0.15, 0.2) is 0 Å². The zero-order valence-electron chi connectivity index (χ0n) is 20.4. The third kappa shape index (κ3) is 7.32. The van der Waals surface area contributed by atoms with Crippen LogP contribution in [0.4, 0.5) is 11.4 Å². The average molecular weight is 497 g/mol. The molecule has 0 saturated carbocycles. The van der Waals surface area contributed by atoms with Gasteiger partial charge in [0, 0.05) is 22.5 Å². The van der Waals surface area contributed by atoms with Gasteiger partial charge in [-0.3, -0.25) is 14.4 Å². The van der Waals surface area contributed by atoms with Crippen molar-refractivity contribution in [3.8, 4) is 0 Å². The van der Waals surface area contributed by atoms with Crippen LogP contribution in [0.15, 0.2) is 102 Å². The lowest BCUT2D eigenvalue weighted by atomic mass is 10.1. The van der Waals surface area contributed by atoms with Crippen molar-refractivity contribution in [2.45, 2.75) is 19.5 Å². The highest BCUT2D eigenvalue weighted by atomic mass is 16.3. The van der Waals surface area contributed by atoms with E-state index in [1.807, 2.05) is 37.3 Å². The molecule has 0 aliphatic rings. The molecule has 8 nitrogen and oxygen atoms in total. The minimum absolute atomic E-state index is 0.0108. The van der Waals surface area contributed by atoms with Gasteiger partial charge in [-0.2, -0.15) is 0 Å². The zero-order chi connectivity index (χ0) is 26.0. The molecule has 1 unspecified atom stereocenters. The van der Waals surface area contributed by atoms with E-state index in [1.165, 1.54) is 0 Å². The van der Waals surface area contributed by atoms with E-state index in [1.54, 1.807) is 66.9 Å². The maximum absolute atomic E-state index is 12.7. The maximum atomic E-state index is 12.7. The van der Waals surface area contributed by atoms with E-state index < -0.39 is 0 Å². The summed E-state index contributed by atoms with van der Waals surface area (Å²) in [6.45, 7) is 2.24.